The molecule has 0 bridgehead atoms. The number of benzene rings is 1. The van der Waals surface area contributed by atoms with E-state index in [1.807, 2.05) is 6.07 Å². The van der Waals surface area contributed by atoms with Gasteiger partial charge in [-0.3, -0.25) is 19.2 Å². The molecule has 1 N–H and O–H groups in total. The Balaban J connectivity index is 1.43. The van der Waals surface area contributed by atoms with Gasteiger partial charge >= 0.3 is 5.69 Å². The van der Waals surface area contributed by atoms with Crippen molar-refractivity contribution in [3.63, 3.8) is 0 Å². The minimum atomic E-state index is -0.347. The number of aromatic amines is 1. The highest BCUT2D eigenvalue weighted by atomic mass is 16.2. The van der Waals surface area contributed by atoms with Gasteiger partial charge in [0.25, 0.3) is 5.56 Å². The molecule has 0 radical (unpaired) electrons. The first-order valence-corrected chi connectivity index (χ1v) is 8.42. The van der Waals surface area contributed by atoms with Crippen LogP contribution in [0.5, 0.6) is 0 Å². The van der Waals surface area contributed by atoms with E-state index >= 15 is 0 Å². The normalized spacial score (nSPS) is 23.6. The van der Waals surface area contributed by atoms with Gasteiger partial charge in [-0.05, 0) is 17.4 Å². The van der Waals surface area contributed by atoms with E-state index in [9.17, 15) is 9.59 Å². The summed E-state index contributed by atoms with van der Waals surface area (Å²) in [6.07, 6.45) is 0. The van der Waals surface area contributed by atoms with E-state index in [-0.39, 0.29) is 11.2 Å². The molecule has 0 saturated carbocycles. The summed E-state index contributed by atoms with van der Waals surface area (Å²) in [6.45, 7) is 4.95. The lowest BCUT2D eigenvalue weighted by Crippen LogP contribution is -2.36. The molecule has 0 spiro atoms. The molecule has 126 valence electrons. The maximum atomic E-state index is 11.8. The first-order chi connectivity index (χ1) is 11.6. The molecule has 6 heteroatoms. The first-order valence-electron chi connectivity index (χ1n) is 8.42. The van der Waals surface area contributed by atoms with Crippen molar-refractivity contribution < 1.29 is 0 Å². The monoisotopic (exact) mass is 326 g/mol. The smallest absolute Gasteiger partial charge is 0.329 e. The Hall–Kier alpha value is -2.34. The average molecular weight is 326 g/mol. The van der Waals surface area contributed by atoms with E-state index in [1.165, 1.54) is 18.7 Å². The lowest BCUT2D eigenvalue weighted by molar-refractivity contribution is 0.309. The number of H-pyrrole nitrogens is 1. The molecule has 2 fully saturated rings. The van der Waals surface area contributed by atoms with Crippen LogP contribution in [0.3, 0.4) is 0 Å². The number of likely N-dealkylation sites (tertiary alicyclic amines) is 1. The van der Waals surface area contributed by atoms with E-state index in [2.05, 4.69) is 39.0 Å². The summed E-state index contributed by atoms with van der Waals surface area (Å²) < 4.78 is 1.10. The molecule has 2 unspecified atom stereocenters. The van der Waals surface area contributed by atoms with Crippen LogP contribution < -0.4 is 16.1 Å². The number of hydrogen-bond acceptors (Lipinski definition) is 4. The summed E-state index contributed by atoms with van der Waals surface area (Å²) in [4.78, 5) is 31.1. The molecule has 2 aliphatic heterocycles. The van der Waals surface area contributed by atoms with Crippen molar-refractivity contribution >= 4 is 5.82 Å². The molecule has 0 aliphatic carbocycles. The van der Waals surface area contributed by atoms with Gasteiger partial charge in [0, 0.05) is 45.8 Å². The number of aromatic nitrogens is 2. The molecule has 1 aromatic carbocycles. The van der Waals surface area contributed by atoms with Crippen LogP contribution in [0.2, 0.25) is 0 Å². The van der Waals surface area contributed by atoms with E-state index in [0.717, 1.165) is 37.3 Å². The third kappa shape index (κ3) is 2.78. The van der Waals surface area contributed by atoms with Crippen LogP contribution in [0.4, 0.5) is 5.82 Å². The zero-order chi connectivity index (χ0) is 16.7. The van der Waals surface area contributed by atoms with Crippen LogP contribution >= 0.6 is 0 Å². The summed E-state index contributed by atoms with van der Waals surface area (Å²) in [7, 11) is 1.49. The summed E-state index contributed by atoms with van der Waals surface area (Å²) in [5.74, 6) is 1.86. The third-order valence-corrected chi connectivity index (χ3v) is 5.28. The second-order valence-corrected chi connectivity index (χ2v) is 6.96. The fraction of sp³-hybridized carbons (Fsp3) is 0.444. The molecule has 2 aliphatic rings. The highest BCUT2D eigenvalue weighted by molar-refractivity contribution is 5.39. The largest absolute Gasteiger partial charge is 0.357 e. The van der Waals surface area contributed by atoms with Gasteiger partial charge in [0.2, 0.25) is 0 Å². The summed E-state index contributed by atoms with van der Waals surface area (Å²) in [6, 6.07) is 12.1. The van der Waals surface area contributed by atoms with Crippen molar-refractivity contribution in [1.29, 1.82) is 0 Å². The lowest BCUT2D eigenvalue weighted by Gasteiger charge is -2.22. The maximum absolute atomic E-state index is 11.8. The number of nitrogens with zero attached hydrogens (tertiary/aromatic N) is 3. The number of rotatable bonds is 3. The second kappa shape index (κ2) is 5.94. The molecule has 24 heavy (non-hydrogen) atoms. The SMILES string of the molecule is Cn1c(=O)cc(N2CC3CN(Cc4ccccc4)CC3C2)[nH]c1=O. The standard InChI is InChI=1S/C18H22N4O2/c1-20-17(23)7-16(19-18(20)24)22-11-14-9-21(10-15(14)12-22)8-13-5-3-2-4-6-13/h2-7,14-15H,8-12H2,1H3,(H,19,24). The van der Waals surface area contributed by atoms with E-state index in [0.29, 0.717) is 17.7 Å². The quantitative estimate of drug-likeness (QED) is 0.899. The number of anilines is 1. The molecule has 4 rings (SSSR count). The Labute approximate surface area is 140 Å². The van der Waals surface area contributed by atoms with E-state index in [1.54, 1.807) is 0 Å². The predicted octanol–water partition coefficient (Wildman–Crippen LogP) is 0.642. The molecule has 2 aromatic rings. The van der Waals surface area contributed by atoms with Gasteiger partial charge in [-0.15, -0.1) is 0 Å². The molecule has 1 aromatic heterocycles. The molecule has 6 nitrogen and oxygen atoms in total. The van der Waals surface area contributed by atoms with Gasteiger partial charge in [-0.1, -0.05) is 30.3 Å². The van der Waals surface area contributed by atoms with Crippen molar-refractivity contribution in [2.75, 3.05) is 31.1 Å². The molecular weight excluding hydrogens is 304 g/mol. The molecule has 3 heterocycles. The minimum Gasteiger partial charge on any atom is -0.357 e. The number of nitrogens with one attached hydrogen (secondary N) is 1. The van der Waals surface area contributed by atoms with Crippen LogP contribution in [0, 0.1) is 11.8 Å². The molecular formula is C18H22N4O2. The van der Waals surface area contributed by atoms with E-state index < -0.39 is 0 Å². The van der Waals surface area contributed by atoms with Crippen molar-refractivity contribution in [1.82, 2.24) is 14.5 Å². The van der Waals surface area contributed by atoms with Crippen molar-refractivity contribution in [3.8, 4) is 0 Å². The Morgan fingerprint density at radius 3 is 2.33 bits per heavy atom. The number of hydrogen-bond donors (Lipinski definition) is 1. The molecule has 0 amide bonds. The Morgan fingerprint density at radius 2 is 1.71 bits per heavy atom. The lowest BCUT2D eigenvalue weighted by atomic mass is 10.0. The van der Waals surface area contributed by atoms with Crippen molar-refractivity contribution in [2.24, 2.45) is 18.9 Å². The summed E-state index contributed by atoms with van der Waals surface area (Å²) in [5, 5.41) is 0. The molecule has 2 saturated heterocycles. The van der Waals surface area contributed by atoms with Gasteiger partial charge in [0.1, 0.15) is 5.82 Å². The maximum Gasteiger partial charge on any atom is 0.329 e. The average Bonchev–Trinajstić information content (AvgIpc) is 3.11. The van der Waals surface area contributed by atoms with Crippen LogP contribution in [-0.4, -0.2) is 40.6 Å². The van der Waals surface area contributed by atoms with Gasteiger partial charge < -0.3 is 4.90 Å². The first kappa shape index (κ1) is 15.2. The Kier molecular flexibility index (Phi) is 3.76. The molecule has 2 atom stereocenters. The van der Waals surface area contributed by atoms with Gasteiger partial charge in [0.05, 0.1) is 0 Å². The van der Waals surface area contributed by atoms with Crippen LogP contribution in [-0.2, 0) is 13.6 Å². The van der Waals surface area contributed by atoms with Crippen LogP contribution in [0.25, 0.3) is 0 Å². The number of fused-ring (bicyclic) bond motifs is 1. The highest BCUT2D eigenvalue weighted by Gasteiger charge is 2.40. The van der Waals surface area contributed by atoms with Crippen LogP contribution in [0.1, 0.15) is 5.56 Å². The van der Waals surface area contributed by atoms with E-state index in [4.69, 9.17) is 0 Å². The third-order valence-electron chi connectivity index (χ3n) is 5.28. The van der Waals surface area contributed by atoms with Gasteiger partial charge in [0.15, 0.2) is 0 Å². The minimum absolute atomic E-state index is 0.253. The predicted molar refractivity (Wildman–Crippen MR) is 93.2 cm³/mol. The second-order valence-electron chi connectivity index (χ2n) is 6.96. The summed E-state index contributed by atoms with van der Waals surface area (Å²) in [5.41, 5.74) is 0.752. The van der Waals surface area contributed by atoms with Crippen molar-refractivity contribution in [2.45, 2.75) is 6.54 Å². The highest BCUT2D eigenvalue weighted by Crippen LogP contribution is 2.33. The fourth-order valence-electron chi connectivity index (χ4n) is 3.97. The topological polar surface area (TPSA) is 61.3 Å². The summed E-state index contributed by atoms with van der Waals surface area (Å²) >= 11 is 0. The Bertz CT molecular complexity index is 797. The zero-order valence-corrected chi connectivity index (χ0v) is 13.8. The van der Waals surface area contributed by atoms with Crippen molar-refractivity contribution in [3.05, 3.63) is 62.8 Å². The zero-order valence-electron chi connectivity index (χ0n) is 13.8. The van der Waals surface area contributed by atoms with Gasteiger partial charge in [-0.2, -0.15) is 0 Å². The fourth-order valence-corrected chi connectivity index (χ4v) is 3.97. The Morgan fingerprint density at radius 1 is 1.04 bits per heavy atom. The van der Waals surface area contributed by atoms with Gasteiger partial charge in [-0.25, -0.2) is 4.79 Å². The van der Waals surface area contributed by atoms with Crippen LogP contribution in [0.15, 0.2) is 46.0 Å².